The van der Waals surface area contributed by atoms with Crippen molar-refractivity contribution in [1.29, 1.82) is 0 Å². The van der Waals surface area contributed by atoms with Gasteiger partial charge in [0, 0.05) is 18.0 Å². The molecule has 4 heteroatoms. The molecule has 0 amide bonds. The van der Waals surface area contributed by atoms with Crippen molar-refractivity contribution >= 4 is 10.9 Å². The Bertz CT molecular complexity index is 628. The number of aliphatic hydroxyl groups excluding tert-OH is 1. The molecule has 2 heterocycles. The fourth-order valence-corrected chi connectivity index (χ4v) is 2.15. The molecule has 2 N–H and O–H groups in total. The lowest BCUT2D eigenvalue weighted by Crippen LogP contribution is -1.95. The molecule has 116 valence electrons. The number of rotatable bonds is 4. The van der Waals surface area contributed by atoms with Crippen LogP contribution in [0.1, 0.15) is 44.3 Å². The molecular formula is C18H23N3O. The van der Waals surface area contributed by atoms with E-state index in [0.29, 0.717) is 0 Å². The molecule has 0 saturated carbocycles. The fourth-order valence-electron chi connectivity index (χ4n) is 2.15. The smallest absolute Gasteiger partial charge is 0.106 e. The van der Waals surface area contributed by atoms with Gasteiger partial charge in [0.15, 0.2) is 0 Å². The fraction of sp³-hybridized carbons (Fsp3) is 0.333. The van der Waals surface area contributed by atoms with Crippen molar-refractivity contribution in [3.05, 3.63) is 60.3 Å². The quantitative estimate of drug-likeness (QED) is 0.764. The normalized spacial score (nSPS) is 11.8. The summed E-state index contributed by atoms with van der Waals surface area (Å²) in [4.78, 5) is 11.4. The van der Waals surface area contributed by atoms with Crippen LogP contribution in [0.15, 0.2) is 48.8 Å². The Morgan fingerprint density at radius 1 is 1.09 bits per heavy atom. The largest absolute Gasteiger partial charge is 0.387 e. The second kappa shape index (κ2) is 8.29. The summed E-state index contributed by atoms with van der Waals surface area (Å²) >= 11 is 0. The van der Waals surface area contributed by atoms with E-state index in [1.54, 1.807) is 6.20 Å². The van der Waals surface area contributed by atoms with Gasteiger partial charge < -0.3 is 10.1 Å². The molecule has 22 heavy (non-hydrogen) atoms. The number of para-hydroxylation sites is 1. The van der Waals surface area contributed by atoms with Crippen LogP contribution in [0, 0.1) is 0 Å². The third kappa shape index (κ3) is 4.40. The highest BCUT2D eigenvalue weighted by Gasteiger charge is 2.07. The molecule has 3 rings (SSSR count). The van der Waals surface area contributed by atoms with Crippen molar-refractivity contribution in [3.8, 4) is 0 Å². The Kier molecular flexibility index (Phi) is 6.10. The molecule has 4 nitrogen and oxygen atoms in total. The number of nitrogens with one attached hydrogen (secondary N) is 1. The first-order valence-electron chi connectivity index (χ1n) is 7.76. The Hall–Kier alpha value is -2.20. The molecule has 1 atom stereocenters. The molecule has 0 aliphatic carbocycles. The zero-order valence-electron chi connectivity index (χ0n) is 13.2. The van der Waals surface area contributed by atoms with Crippen LogP contribution in [0.4, 0.5) is 0 Å². The number of aryl methyl sites for hydroxylation is 1. The molecule has 0 aliphatic heterocycles. The van der Waals surface area contributed by atoms with Crippen LogP contribution in [0.3, 0.4) is 0 Å². The van der Waals surface area contributed by atoms with Crippen LogP contribution >= 0.6 is 0 Å². The third-order valence-corrected chi connectivity index (χ3v) is 3.39. The highest BCUT2D eigenvalue weighted by molar-refractivity contribution is 5.77. The van der Waals surface area contributed by atoms with E-state index in [1.165, 1.54) is 5.39 Å². The topological polar surface area (TPSA) is 61.8 Å². The minimum absolute atomic E-state index is 0.386. The van der Waals surface area contributed by atoms with Gasteiger partial charge in [-0.3, -0.25) is 4.98 Å². The van der Waals surface area contributed by atoms with E-state index in [0.717, 1.165) is 36.3 Å². The summed E-state index contributed by atoms with van der Waals surface area (Å²) in [5.41, 5.74) is 1.89. The van der Waals surface area contributed by atoms with Gasteiger partial charge in [-0.2, -0.15) is 0 Å². The number of hydrogen-bond donors (Lipinski definition) is 2. The Balaban J connectivity index is 0.000000162. The number of hydrogen-bond acceptors (Lipinski definition) is 3. The highest BCUT2D eigenvalue weighted by atomic mass is 16.3. The maximum Gasteiger partial charge on any atom is 0.106 e. The number of nitrogens with zero attached hydrogens (tertiary/aromatic N) is 2. The SMILES string of the molecule is CCCc1ncc(C(O)CC)[nH]1.c1ccc2ncccc2c1. The third-order valence-electron chi connectivity index (χ3n) is 3.39. The van der Waals surface area contributed by atoms with Gasteiger partial charge in [-0.1, -0.05) is 38.1 Å². The van der Waals surface area contributed by atoms with Crippen molar-refractivity contribution in [2.75, 3.05) is 0 Å². The average Bonchev–Trinajstić information content (AvgIpc) is 3.04. The molecule has 1 aromatic carbocycles. The molecule has 0 spiro atoms. The zero-order chi connectivity index (χ0) is 15.8. The number of aromatic nitrogens is 3. The van der Waals surface area contributed by atoms with Crippen LogP contribution in [0.25, 0.3) is 10.9 Å². The average molecular weight is 297 g/mol. The Morgan fingerprint density at radius 3 is 2.59 bits per heavy atom. The lowest BCUT2D eigenvalue weighted by atomic mass is 10.2. The van der Waals surface area contributed by atoms with Gasteiger partial charge in [0.2, 0.25) is 0 Å². The monoisotopic (exact) mass is 297 g/mol. The van der Waals surface area contributed by atoms with Crippen LogP contribution in [0.2, 0.25) is 0 Å². The standard InChI is InChI=1S/C9H16N2O.C9H7N/c1-3-5-9-10-6-7(11-9)8(12)4-2;1-2-6-9-8(4-1)5-3-7-10-9/h6,8,12H,3-5H2,1-2H3,(H,10,11);1-7H. The first kappa shape index (κ1) is 16.2. The molecule has 0 aliphatic rings. The number of H-pyrrole nitrogens is 1. The van der Waals surface area contributed by atoms with Crippen molar-refractivity contribution in [1.82, 2.24) is 15.0 Å². The summed E-state index contributed by atoms with van der Waals surface area (Å²) in [5, 5.41) is 10.6. The van der Waals surface area contributed by atoms with Crippen molar-refractivity contribution < 1.29 is 5.11 Å². The van der Waals surface area contributed by atoms with Crippen LogP contribution in [0.5, 0.6) is 0 Å². The number of imidazole rings is 1. The summed E-state index contributed by atoms with van der Waals surface area (Å²) in [6.07, 6.45) is 5.91. The number of aliphatic hydroxyl groups is 1. The molecule has 0 radical (unpaired) electrons. The van der Waals surface area contributed by atoms with Crippen LogP contribution in [-0.2, 0) is 6.42 Å². The maximum atomic E-state index is 9.44. The predicted molar refractivity (Wildman–Crippen MR) is 89.6 cm³/mol. The molecule has 0 bridgehead atoms. The second-order valence-electron chi connectivity index (χ2n) is 5.16. The zero-order valence-corrected chi connectivity index (χ0v) is 13.2. The summed E-state index contributed by atoms with van der Waals surface area (Å²) in [5.74, 6) is 0.972. The molecule has 1 unspecified atom stereocenters. The summed E-state index contributed by atoms with van der Waals surface area (Å²) in [6.45, 7) is 4.06. The van der Waals surface area contributed by atoms with Gasteiger partial charge in [-0.25, -0.2) is 4.98 Å². The van der Waals surface area contributed by atoms with E-state index in [1.807, 2.05) is 37.4 Å². The van der Waals surface area contributed by atoms with E-state index >= 15 is 0 Å². The number of benzene rings is 1. The maximum absolute atomic E-state index is 9.44. The van der Waals surface area contributed by atoms with Crippen molar-refractivity contribution in [2.45, 2.75) is 39.2 Å². The van der Waals surface area contributed by atoms with Gasteiger partial charge in [-0.15, -0.1) is 0 Å². The first-order chi connectivity index (χ1) is 10.7. The van der Waals surface area contributed by atoms with Gasteiger partial charge >= 0.3 is 0 Å². The summed E-state index contributed by atoms with van der Waals surface area (Å²) in [7, 11) is 0. The summed E-state index contributed by atoms with van der Waals surface area (Å²) < 4.78 is 0. The lowest BCUT2D eigenvalue weighted by molar-refractivity contribution is 0.169. The van der Waals surface area contributed by atoms with E-state index in [4.69, 9.17) is 0 Å². The molecule has 0 saturated heterocycles. The molecule has 0 fully saturated rings. The summed E-state index contributed by atoms with van der Waals surface area (Å²) in [6, 6.07) is 12.1. The first-order valence-corrected chi connectivity index (χ1v) is 7.76. The molecular weight excluding hydrogens is 274 g/mol. The van der Waals surface area contributed by atoms with Gasteiger partial charge in [0.05, 0.1) is 23.5 Å². The number of fused-ring (bicyclic) bond motifs is 1. The Labute approximate surface area is 131 Å². The van der Waals surface area contributed by atoms with Crippen molar-refractivity contribution in [2.24, 2.45) is 0 Å². The minimum Gasteiger partial charge on any atom is -0.387 e. The minimum atomic E-state index is -0.386. The van der Waals surface area contributed by atoms with Gasteiger partial charge in [0.1, 0.15) is 5.82 Å². The predicted octanol–water partition coefficient (Wildman–Crippen LogP) is 4.04. The second-order valence-corrected chi connectivity index (χ2v) is 5.16. The number of aromatic amines is 1. The van der Waals surface area contributed by atoms with Crippen molar-refractivity contribution in [3.63, 3.8) is 0 Å². The van der Waals surface area contributed by atoms with Crippen LogP contribution in [-0.4, -0.2) is 20.1 Å². The molecule has 3 aromatic rings. The molecule has 2 aromatic heterocycles. The lowest BCUT2D eigenvalue weighted by Gasteiger charge is -2.02. The van der Waals surface area contributed by atoms with E-state index in [2.05, 4.69) is 34.0 Å². The van der Waals surface area contributed by atoms with Gasteiger partial charge in [0.25, 0.3) is 0 Å². The van der Waals surface area contributed by atoms with Gasteiger partial charge in [-0.05, 0) is 25.0 Å². The van der Waals surface area contributed by atoms with E-state index < -0.39 is 0 Å². The highest BCUT2D eigenvalue weighted by Crippen LogP contribution is 2.13. The van der Waals surface area contributed by atoms with E-state index in [9.17, 15) is 5.11 Å². The number of pyridine rings is 1. The van der Waals surface area contributed by atoms with Crippen LogP contribution < -0.4 is 0 Å². The Morgan fingerprint density at radius 2 is 1.86 bits per heavy atom. The van der Waals surface area contributed by atoms with E-state index in [-0.39, 0.29) is 6.10 Å².